The Morgan fingerprint density at radius 2 is 1.85 bits per heavy atom. The summed E-state index contributed by atoms with van der Waals surface area (Å²) in [6.45, 7) is 2.32. The van der Waals surface area contributed by atoms with E-state index in [9.17, 15) is 14.4 Å². The molecule has 14 heteroatoms. The number of likely N-dealkylation sites (N-methyl/N-ethyl adjacent to an activating group) is 1. The van der Waals surface area contributed by atoms with Gasteiger partial charge in [0.15, 0.2) is 17.7 Å². The molecule has 0 unspecified atom stereocenters. The number of anilines is 2. The van der Waals surface area contributed by atoms with Crippen LogP contribution in [0, 0.1) is 17.6 Å². The molecule has 11 nitrogen and oxygen atoms in total. The van der Waals surface area contributed by atoms with Crippen molar-refractivity contribution >= 4 is 62.5 Å². The van der Waals surface area contributed by atoms with E-state index in [0.717, 1.165) is 36.0 Å². The fraction of sp³-hybridized carbons (Fsp3) is 0.263. The number of fused-ring (bicyclic) bond motifs is 5. The highest BCUT2D eigenvalue weighted by molar-refractivity contribution is 6.20. The molecule has 6 heterocycles. The first kappa shape index (κ1) is 33.6. The number of rotatable bonds is 7. The van der Waals surface area contributed by atoms with Crippen LogP contribution in [-0.2, 0) is 16.1 Å². The molecule has 1 N–H and O–H groups in total. The smallest absolute Gasteiger partial charge is 0.415 e. The highest BCUT2D eigenvalue weighted by Crippen LogP contribution is 2.47. The van der Waals surface area contributed by atoms with Crippen LogP contribution < -0.4 is 15.4 Å². The lowest BCUT2D eigenvalue weighted by atomic mass is 10.00. The number of hydrogen-bond donors (Lipinski definition) is 1. The summed E-state index contributed by atoms with van der Waals surface area (Å²) in [5.41, 5.74) is 2.87. The Hall–Kier alpha value is -5.53. The molecule has 2 atom stereocenters. The molecule has 1 amide bonds. The Balaban J connectivity index is 1.31. The largest absolute Gasteiger partial charge is 0.457 e. The van der Waals surface area contributed by atoms with Gasteiger partial charge in [0.1, 0.15) is 17.8 Å². The van der Waals surface area contributed by atoms with E-state index in [2.05, 4.69) is 26.8 Å². The lowest BCUT2D eigenvalue weighted by Crippen LogP contribution is -2.35. The van der Waals surface area contributed by atoms with Gasteiger partial charge in [0, 0.05) is 67.8 Å². The molecule has 0 aliphatic carbocycles. The monoisotopic (exact) mass is 726 g/mol. The Morgan fingerprint density at radius 3 is 2.63 bits per heavy atom. The minimum Gasteiger partial charge on any atom is -0.457 e. The van der Waals surface area contributed by atoms with Crippen molar-refractivity contribution in [3.8, 4) is 11.1 Å². The summed E-state index contributed by atoms with van der Waals surface area (Å²) in [6, 6.07) is 16.5. The third kappa shape index (κ3) is 5.60. The molecular weight excluding hydrogens is 694 g/mol. The van der Waals surface area contributed by atoms with Crippen molar-refractivity contribution in [1.29, 1.82) is 0 Å². The molecule has 0 saturated carbocycles. The zero-order valence-electron chi connectivity index (χ0n) is 28.2. The number of aromatic amines is 1. The van der Waals surface area contributed by atoms with Crippen LogP contribution in [0.3, 0.4) is 0 Å². The number of H-pyrrole nitrogens is 1. The van der Waals surface area contributed by atoms with Gasteiger partial charge >= 0.3 is 12.1 Å². The maximum atomic E-state index is 16.1. The molecule has 0 radical (unpaired) electrons. The van der Waals surface area contributed by atoms with E-state index in [0.29, 0.717) is 40.2 Å². The topological polar surface area (TPSA) is 112 Å². The number of esters is 1. The van der Waals surface area contributed by atoms with E-state index in [-0.39, 0.29) is 40.4 Å². The fourth-order valence-corrected chi connectivity index (χ4v) is 7.79. The first-order valence-electron chi connectivity index (χ1n) is 16.8. The second kappa shape index (κ2) is 13.2. The van der Waals surface area contributed by atoms with Crippen LogP contribution in [0.15, 0.2) is 77.9 Å². The molecular formula is C38H33ClF2N6O5. The van der Waals surface area contributed by atoms with Crippen LogP contribution in [0.25, 0.3) is 38.6 Å². The van der Waals surface area contributed by atoms with E-state index in [1.165, 1.54) is 17.5 Å². The standard InChI is InChI=1S/C38H33ClF2N6O5/c1-44-16-23-12-13-46(29(23)18-44)34-26(15-42-35-31(34)30-32(41)27(40)14-28(33(30)43-35)45(2)38(50)52-20-39)22-8-9-24-10-11-25(36(48)47(24)17-22)37(49)51-19-21-6-4-3-5-7-21/h3-11,14-15,17,23,29H,12-13,16,18-20H2,1-2H3,(H,42,43)/t23-,29+/m0/s1. The average molecular weight is 727 g/mol. The second-order valence-electron chi connectivity index (χ2n) is 13.2. The van der Waals surface area contributed by atoms with Crippen LogP contribution in [0.2, 0.25) is 0 Å². The molecule has 2 saturated heterocycles. The van der Waals surface area contributed by atoms with Gasteiger partial charge in [-0.2, -0.15) is 0 Å². The van der Waals surface area contributed by atoms with Crippen molar-refractivity contribution in [2.45, 2.75) is 19.1 Å². The number of halogens is 3. The molecule has 8 rings (SSSR count). The Bertz CT molecular complexity index is 2450. The lowest BCUT2D eigenvalue weighted by Gasteiger charge is -2.29. The molecule has 0 spiro atoms. The van der Waals surface area contributed by atoms with Crippen molar-refractivity contribution < 1.29 is 27.8 Å². The fourth-order valence-electron chi connectivity index (χ4n) is 7.70. The number of carbonyl (C=O) groups excluding carboxylic acids is 2. The Morgan fingerprint density at radius 1 is 1.06 bits per heavy atom. The number of pyridine rings is 3. The summed E-state index contributed by atoms with van der Waals surface area (Å²) in [4.78, 5) is 52.9. The first-order valence-corrected chi connectivity index (χ1v) is 17.3. The highest BCUT2D eigenvalue weighted by Gasteiger charge is 2.42. The van der Waals surface area contributed by atoms with Crippen LogP contribution in [-0.4, -0.2) is 77.2 Å². The van der Waals surface area contributed by atoms with E-state index >= 15 is 8.78 Å². The molecule has 0 bridgehead atoms. The summed E-state index contributed by atoms with van der Waals surface area (Å²) >= 11 is 5.62. The SMILES string of the molecule is CN1C[C@@H]2CCN(c3c(-c4ccc5ccc(C(=O)OCc6ccccc6)c(=O)n5c4)cnc4[nH]c5c(N(C)C(=O)OCCl)cc(F)c(F)c5c34)[C@@H]2C1. The summed E-state index contributed by atoms with van der Waals surface area (Å²) in [7, 11) is 3.44. The number of amides is 1. The van der Waals surface area contributed by atoms with Gasteiger partial charge in [0.2, 0.25) is 0 Å². The number of nitrogens with zero attached hydrogens (tertiary/aromatic N) is 5. The van der Waals surface area contributed by atoms with Gasteiger partial charge < -0.3 is 24.3 Å². The third-order valence-electron chi connectivity index (χ3n) is 10.2. The third-order valence-corrected chi connectivity index (χ3v) is 10.3. The summed E-state index contributed by atoms with van der Waals surface area (Å²) in [5.74, 6) is -2.66. The van der Waals surface area contributed by atoms with Gasteiger partial charge in [-0.15, -0.1) is 0 Å². The number of nitrogens with one attached hydrogen (secondary N) is 1. The zero-order valence-corrected chi connectivity index (χ0v) is 29.0. The number of benzene rings is 2. The molecule has 2 aliphatic heterocycles. The molecule has 52 heavy (non-hydrogen) atoms. The van der Waals surface area contributed by atoms with Crippen molar-refractivity contribution in [2.75, 3.05) is 49.6 Å². The predicted octanol–water partition coefficient (Wildman–Crippen LogP) is 6.54. The van der Waals surface area contributed by atoms with Crippen molar-refractivity contribution in [1.82, 2.24) is 19.3 Å². The minimum atomic E-state index is -1.16. The molecule has 4 aromatic heterocycles. The molecule has 2 aromatic carbocycles. The average Bonchev–Trinajstić information content (AvgIpc) is 3.84. The van der Waals surface area contributed by atoms with E-state index in [1.807, 2.05) is 36.4 Å². The predicted molar refractivity (Wildman–Crippen MR) is 194 cm³/mol. The van der Waals surface area contributed by atoms with Gasteiger partial charge in [0.05, 0.1) is 27.7 Å². The quantitative estimate of drug-likeness (QED) is 0.146. The Kier molecular flexibility index (Phi) is 8.54. The van der Waals surface area contributed by atoms with Gasteiger partial charge in [-0.05, 0) is 43.1 Å². The number of hydrogen-bond acceptors (Lipinski definition) is 8. The Labute approximate surface area is 300 Å². The number of likely N-dealkylation sites (tertiary alicyclic amines) is 1. The van der Waals surface area contributed by atoms with Crippen LogP contribution in [0.5, 0.6) is 0 Å². The number of ether oxygens (including phenoxy) is 2. The number of aromatic nitrogens is 3. The zero-order chi connectivity index (χ0) is 36.3. The van der Waals surface area contributed by atoms with Gasteiger partial charge in [-0.3, -0.25) is 14.1 Å². The van der Waals surface area contributed by atoms with Gasteiger partial charge in [-0.1, -0.05) is 48.0 Å². The lowest BCUT2D eigenvalue weighted by molar-refractivity contribution is 0.0470. The van der Waals surface area contributed by atoms with Crippen LogP contribution in [0.1, 0.15) is 22.3 Å². The second-order valence-corrected chi connectivity index (χ2v) is 13.5. The minimum absolute atomic E-state index is 0.0112. The first-order chi connectivity index (χ1) is 25.1. The van der Waals surface area contributed by atoms with Crippen molar-refractivity contribution in [2.24, 2.45) is 5.92 Å². The van der Waals surface area contributed by atoms with E-state index in [1.54, 1.807) is 24.5 Å². The normalized spacial score (nSPS) is 17.3. The summed E-state index contributed by atoms with van der Waals surface area (Å²) < 4.78 is 43.4. The summed E-state index contributed by atoms with van der Waals surface area (Å²) in [5, 5.41) is 0.266. The molecule has 2 aliphatic rings. The number of alkyl halides is 1. The summed E-state index contributed by atoms with van der Waals surface area (Å²) in [6.07, 6.45) is 3.31. The maximum absolute atomic E-state index is 16.1. The van der Waals surface area contributed by atoms with Gasteiger partial charge in [0.25, 0.3) is 5.56 Å². The van der Waals surface area contributed by atoms with E-state index in [4.69, 9.17) is 21.1 Å². The molecule has 2 fully saturated rings. The molecule has 6 aromatic rings. The van der Waals surface area contributed by atoms with Crippen molar-refractivity contribution in [3.63, 3.8) is 0 Å². The van der Waals surface area contributed by atoms with Crippen LogP contribution in [0.4, 0.5) is 25.0 Å². The highest BCUT2D eigenvalue weighted by atomic mass is 35.5. The van der Waals surface area contributed by atoms with Gasteiger partial charge in [-0.25, -0.2) is 23.4 Å². The van der Waals surface area contributed by atoms with E-state index < -0.39 is 35.3 Å². The molecule has 266 valence electrons. The number of carbonyl (C=O) groups is 2. The van der Waals surface area contributed by atoms with Crippen LogP contribution >= 0.6 is 11.6 Å². The maximum Gasteiger partial charge on any atom is 0.415 e. The van der Waals surface area contributed by atoms with Crippen molar-refractivity contribution in [3.05, 3.63) is 106 Å².